The zero-order valence-electron chi connectivity index (χ0n) is 19.3. The lowest BCUT2D eigenvalue weighted by Crippen LogP contribution is -2.17. The van der Waals surface area contributed by atoms with E-state index >= 15 is 0 Å². The molecule has 0 bridgehead atoms. The molecule has 0 saturated heterocycles. The maximum atomic E-state index is 9.24. The van der Waals surface area contributed by atoms with Gasteiger partial charge in [0.05, 0.1) is 0 Å². The average molecular weight is 429 g/mol. The summed E-state index contributed by atoms with van der Waals surface area (Å²) >= 11 is 0. The van der Waals surface area contributed by atoms with Crippen molar-refractivity contribution >= 4 is 34.7 Å². The van der Waals surface area contributed by atoms with E-state index < -0.39 is 0 Å². The van der Waals surface area contributed by atoms with E-state index in [4.69, 9.17) is 0 Å². The molecule has 0 aliphatic rings. The fraction of sp³-hybridized carbons (Fsp3) is 0.214. The molecule has 0 aromatic heterocycles. The first-order valence-corrected chi connectivity index (χ1v) is 10.7. The Morgan fingerprint density at radius 2 is 0.906 bits per heavy atom. The quantitative estimate of drug-likeness (QED) is 0.363. The highest BCUT2D eigenvalue weighted by Gasteiger charge is 2.03. The molecule has 166 valence electrons. The maximum Gasteiger partial charge on any atom is 0.115 e. The van der Waals surface area contributed by atoms with E-state index in [2.05, 4.69) is 74.5 Å². The standard InChI is InChI=1S/C28H32N2O2/c1-21(17-23-5-13-27(14-6-23)29(3)19-31)25-9-11-26(12-10-25)22(2)18-24-7-15-28(16-8-24)30(4)20-32/h5-18,31-32H,19-20H2,1-4H3. The first-order valence-electron chi connectivity index (χ1n) is 10.7. The molecule has 3 aromatic carbocycles. The normalized spacial score (nSPS) is 12.1. The van der Waals surface area contributed by atoms with Gasteiger partial charge in [-0.15, -0.1) is 0 Å². The number of nitrogens with zero attached hydrogens (tertiary/aromatic N) is 2. The molecule has 3 aromatic rings. The summed E-state index contributed by atoms with van der Waals surface area (Å²) in [6, 6.07) is 25.0. The van der Waals surface area contributed by atoms with Gasteiger partial charge < -0.3 is 20.0 Å². The number of rotatable bonds is 8. The van der Waals surface area contributed by atoms with Crippen molar-refractivity contribution in [3.05, 3.63) is 95.1 Å². The summed E-state index contributed by atoms with van der Waals surface area (Å²) in [5.41, 5.74) is 9.02. The second-order valence-electron chi connectivity index (χ2n) is 8.09. The third-order valence-electron chi connectivity index (χ3n) is 5.65. The first kappa shape index (κ1) is 23.3. The van der Waals surface area contributed by atoms with Crippen LogP contribution in [0.3, 0.4) is 0 Å². The van der Waals surface area contributed by atoms with Gasteiger partial charge in [0.1, 0.15) is 13.5 Å². The topological polar surface area (TPSA) is 46.9 Å². The number of anilines is 2. The fourth-order valence-electron chi connectivity index (χ4n) is 3.48. The van der Waals surface area contributed by atoms with Crippen LogP contribution in [-0.4, -0.2) is 37.8 Å². The van der Waals surface area contributed by atoms with Crippen LogP contribution in [0.1, 0.15) is 36.1 Å². The van der Waals surface area contributed by atoms with Gasteiger partial charge in [-0.3, -0.25) is 0 Å². The van der Waals surface area contributed by atoms with Crippen LogP contribution in [0.15, 0.2) is 72.8 Å². The number of hydrogen-bond acceptors (Lipinski definition) is 4. The molecule has 4 heteroatoms. The minimum absolute atomic E-state index is 0.000787. The van der Waals surface area contributed by atoms with Crippen molar-refractivity contribution in [2.24, 2.45) is 0 Å². The molecule has 2 N–H and O–H groups in total. The van der Waals surface area contributed by atoms with E-state index in [-0.39, 0.29) is 13.5 Å². The summed E-state index contributed by atoms with van der Waals surface area (Å²) < 4.78 is 0. The van der Waals surface area contributed by atoms with Crippen molar-refractivity contribution in [3.63, 3.8) is 0 Å². The van der Waals surface area contributed by atoms with Crippen molar-refractivity contribution < 1.29 is 10.2 Å². The van der Waals surface area contributed by atoms with E-state index in [0.29, 0.717) is 0 Å². The van der Waals surface area contributed by atoms with E-state index in [9.17, 15) is 10.2 Å². The Labute approximate surface area is 191 Å². The molecule has 0 fully saturated rings. The van der Waals surface area contributed by atoms with Gasteiger partial charge in [0.25, 0.3) is 0 Å². The smallest absolute Gasteiger partial charge is 0.115 e. The Hall–Kier alpha value is -3.34. The average Bonchev–Trinajstić information content (AvgIpc) is 2.84. The van der Waals surface area contributed by atoms with Gasteiger partial charge in [-0.1, -0.05) is 60.7 Å². The van der Waals surface area contributed by atoms with Crippen molar-refractivity contribution in [3.8, 4) is 0 Å². The molecule has 0 aliphatic carbocycles. The highest BCUT2D eigenvalue weighted by molar-refractivity contribution is 5.83. The highest BCUT2D eigenvalue weighted by atomic mass is 16.3. The monoisotopic (exact) mass is 428 g/mol. The Bertz CT molecular complexity index is 977. The van der Waals surface area contributed by atoms with Crippen molar-refractivity contribution in [1.82, 2.24) is 0 Å². The molecule has 0 atom stereocenters. The van der Waals surface area contributed by atoms with E-state index in [1.165, 1.54) is 22.3 Å². The van der Waals surface area contributed by atoms with Gasteiger partial charge in [0.15, 0.2) is 0 Å². The molecule has 0 unspecified atom stereocenters. The van der Waals surface area contributed by atoms with E-state index in [1.54, 1.807) is 9.80 Å². The van der Waals surface area contributed by atoms with E-state index in [0.717, 1.165) is 22.5 Å². The van der Waals surface area contributed by atoms with Crippen LogP contribution < -0.4 is 9.80 Å². The third kappa shape index (κ3) is 5.88. The van der Waals surface area contributed by atoms with Gasteiger partial charge in [-0.25, -0.2) is 0 Å². The van der Waals surface area contributed by atoms with Crippen LogP contribution in [0.25, 0.3) is 23.3 Å². The Kier molecular flexibility index (Phi) is 7.87. The van der Waals surface area contributed by atoms with Crippen molar-refractivity contribution in [2.75, 3.05) is 37.4 Å². The van der Waals surface area contributed by atoms with Crippen molar-refractivity contribution in [2.45, 2.75) is 13.8 Å². The predicted molar refractivity (Wildman–Crippen MR) is 137 cm³/mol. The molecular weight excluding hydrogens is 396 g/mol. The van der Waals surface area contributed by atoms with Gasteiger partial charge in [0.2, 0.25) is 0 Å². The number of allylic oxidation sites excluding steroid dienone is 2. The molecule has 0 saturated carbocycles. The van der Waals surface area contributed by atoms with Crippen LogP contribution in [0.4, 0.5) is 11.4 Å². The van der Waals surface area contributed by atoms with Crippen molar-refractivity contribution in [1.29, 1.82) is 0 Å². The molecule has 0 radical (unpaired) electrons. The van der Waals surface area contributed by atoms with Gasteiger partial charge in [-0.05, 0) is 71.5 Å². The van der Waals surface area contributed by atoms with Gasteiger partial charge >= 0.3 is 0 Å². The van der Waals surface area contributed by atoms with Gasteiger partial charge in [0, 0.05) is 25.5 Å². The minimum atomic E-state index is 0.000787. The van der Waals surface area contributed by atoms with Crippen LogP contribution >= 0.6 is 0 Å². The number of hydrogen-bond donors (Lipinski definition) is 2. The summed E-state index contributed by atoms with van der Waals surface area (Å²) in [5.74, 6) is 0. The number of aliphatic hydroxyl groups excluding tert-OH is 2. The molecule has 0 heterocycles. The molecule has 3 rings (SSSR count). The lowest BCUT2D eigenvalue weighted by molar-refractivity contribution is 0.298. The van der Waals surface area contributed by atoms with E-state index in [1.807, 2.05) is 38.4 Å². The lowest BCUT2D eigenvalue weighted by atomic mass is 9.99. The van der Waals surface area contributed by atoms with Gasteiger partial charge in [-0.2, -0.15) is 0 Å². The maximum absolute atomic E-state index is 9.24. The molecule has 0 spiro atoms. The summed E-state index contributed by atoms with van der Waals surface area (Å²) in [6.45, 7) is 4.24. The minimum Gasteiger partial charge on any atom is -0.376 e. The van der Waals surface area contributed by atoms with Crippen LogP contribution in [0.2, 0.25) is 0 Å². The Morgan fingerprint density at radius 1 is 0.594 bits per heavy atom. The molecule has 4 nitrogen and oxygen atoms in total. The number of benzene rings is 3. The Balaban J connectivity index is 1.72. The van der Waals surface area contributed by atoms with Crippen LogP contribution in [0.5, 0.6) is 0 Å². The Morgan fingerprint density at radius 3 is 1.19 bits per heavy atom. The zero-order chi connectivity index (χ0) is 23.1. The lowest BCUT2D eigenvalue weighted by Gasteiger charge is -2.15. The van der Waals surface area contributed by atoms with Crippen LogP contribution in [-0.2, 0) is 0 Å². The SMILES string of the molecule is CC(=Cc1ccc(N(C)CO)cc1)c1ccc(C(C)=Cc2ccc(N(C)CO)cc2)cc1. The van der Waals surface area contributed by atoms with Crippen LogP contribution in [0, 0.1) is 0 Å². The molecule has 32 heavy (non-hydrogen) atoms. The first-order chi connectivity index (χ1) is 15.4. The zero-order valence-corrected chi connectivity index (χ0v) is 19.3. The summed E-state index contributed by atoms with van der Waals surface area (Å²) in [7, 11) is 3.72. The highest BCUT2D eigenvalue weighted by Crippen LogP contribution is 2.24. The molecule has 0 aliphatic heterocycles. The second kappa shape index (κ2) is 10.8. The predicted octanol–water partition coefficient (Wildman–Crippen LogP) is 5.58. The molecule has 0 amide bonds. The summed E-state index contributed by atoms with van der Waals surface area (Å²) in [5, 5.41) is 18.5. The summed E-state index contributed by atoms with van der Waals surface area (Å²) in [6.07, 6.45) is 4.34. The largest absolute Gasteiger partial charge is 0.376 e. The molecular formula is C28H32N2O2. The third-order valence-corrected chi connectivity index (χ3v) is 5.65. The second-order valence-corrected chi connectivity index (χ2v) is 8.09. The fourth-order valence-corrected chi connectivity index (χ4v) is 3.48. The number of aliphatic hydroxyl groups is 2. The summed E-state index contributed by atoms with van der Waals surface area (Å²) in [4.78, 5) is 3.58.